The van der Waals surface area contributed by atoms with Crippen molar-refractivity contribution in [3.05, 3.63) is 28.8 Å². The van der Waals surface area contributed by atoms with Crippen LogP contribution >= 0.6 is 23.8 Å². The number of rotatable bonds is 3. The van der Waals surface area contributed by atoms with Gasteiger partial charge in [-0.25, -0.2) is 0 Å². The van der Waals surface area contributed by atoms with Gasteiger partial charge in [0.1, 0.15) is 0 Å². The summed E-state index contributed by atoms with van der Waals surface area (Å²) in [7, 11) is 1.78. The van der Waals surface area contributed by atoms with E-state index in [1.807, 2.05) is 45.9 Å². The number of hydrogen-bond acceptors (Lipinski definition) is 2. The summed E-state index contributed by atoms with van der Waals surface area (Å²) in [5, 5.41) is 7.17. The maximum atomic E-state index is 11.9. The first-order valence-electron chi connectivity index (χ1n) is 6.68. The van der Waals surface area contributed by atoms with Crippen LogP contribution in [0.5, 0.6) is 0 Å². The van der Waals surface area contributed by atoms with E-state index in [-0.39, 0.29) is 18.0 Å². The van der Waals surface area contributed by atoms with Crippen molar-refractivity contribution >= 4 is 40.5 Å². The van der Waals surface area contributed by atoms with Gasteiger partial charge in [0.25, 0.3) is 0 Å². The summed E-state index contributed by atoms with van der Waals surface area (Å²) in [4.78, 5) is 13.6. The minimum absolute atomic E-state index is 0.0723. The average molecular weight is 328 g/mol. The molecule has 2 N–H and O–H groups in total. The highest BCUT2D eigenvalue weighted by Crippen LogP contribution is 2.23. The molecule has 1 rings (SSSR count). The van der Waals surface area contributed by atoms with Crippen LogP contribution in [0.25, 0.3) is 0 Å². The zero-order valence-electron chi connectivity index (χ0n) is 13.1. The van der Waals surface area contributed by atoms with Gasteiger partial charge in [-0.3, -0.25) is 4.79 Å². The van der Waals surface area contributed by atoms with Gasteiger partial charge in [-0.2, -0.15) is 0 Å². The van der Waals surface area contributed by atoms with Crippen LogP contribution in [0.15, 0.2) is 18.2 Å². The van der Waals surface area contributed by atoms with E-state index in [0.717, 1.165) is 11.3 Å². The van der Waals surface area contributed by atoms with Gasteiger partial charge in [-0.15, -0.1) is 0 Å². The first kappa shape index (κ1) is 17.7. The summed E-state index contributed by atoms with van der Waals surface area (Å²) >= 11 is 11.4. The summed E-state index contributed by atoms with van der Waals surface area (Å²) in [5.41, 5.74) is 1.51. The predicted molar refractivity (Wildman–Crippen MR) is 92.9 cm³/mol. The molecule has 0 fully saturated rings. The van der Waals surface area contributed by atoms with Crippen LogP contribution in [0.2, 0.25) is 5.02 Å². The maximum Gasteiger partial charge on any atom is 0.239 e. The van der Waals surface area contributed by atoms with Crippen LogP contribution in [0.3, 0.4) is 0 Å². The van der Waals surface area contributed by atoms with E-state index >= 15 is 0 Å². The number of benzene rings is 1. The summed E-state index contributed by atoms with van der Waals surface area (Å²) in [6.07, 6.45) is 0. The Morgan fingerprint density at radius 1 is 1.38 bits per heavy atom. The van der Waals surface area contributed by atoms with Crippen molar-refractivity contribution in [1.82, 2.24) is 10.2 Å². The number of amides is 1. The monoisotopic (exact) mass is 327 g/mol. The molecule has 21 heavy (non-hydrogen) atoms. The molecule has 0 aliphatic carbocycles. The number of hydrogen-bond donors (Lipinski definition) is 2. The number of anilines is 1. The van der Waals surface area contributed by atoms with E-state index < -0.39 is 0 Å². The number of halogens is 1. The first-order chi connectivity index (χ1) is 9.60. The first-order valence-corrected chi connectivity index (χ1v) is 7.47. The molecular weight excluding hydrogens is 306 g/mol. The Labute approximate surface area is 136 Å². The third-order valence-electron chi connectivity index (χ3n) is 2.75. The minimum atomic E-state index is -0.253. The maximum absolute atomic E-state index is 11.9. The van der Waals surface area contributed by atoms with Crippen molar-refractivity contribution in [2.75, 3.05) is 18.9 Å². The zero-order chi connectivity index (χ0) is 16.2. The van der Waals surface area contributed by atoms with Crippen LogP contribution in [-0.4, -0.2) is 35.1 Å². The topological polar surface area (TPSA) is 44.4 Å². The molecule has 1 aromatic rings. The lowest BCUT2D eigenvalue weighted by molar-refractivity contribution is -0.122. The zero-order valence-corrected chi connectivity index (χ0v) is 14.7. The highest BCUT2D eigenvalue weighted by molar-refractivity contribution is 7.80. The summed E-state index contributed by atoms with van der Waals surface area (Å²) in [6.45, 7) is 7.94. The fourth-order valence-corrected chi connectivity index (χ4v) is 2.05. The molecular formula is C15H22ClN3OS. The second kappa shape index (κ2) is 7.09. The smallest absolute Gasteiger partial charge is 0.239 e. The van der Waals surface area contributed by atoms with Gasteiger partial charge in [-0.05, 0) is 57.6 Å². The molecule has 0 heterocycles. The van der Waals surface area contributed by atoms with Crippen LogP contribution in [-0.2, 0) is 4.79 Å². The second-order valence-corrected chi connectivity index (χ2v) is 6.79. The standard InChI is InChI=1S/C15H22ClN3OS/c1-10-11(16)7-6-8-12(10)17-14(21)19(5)9-13(20)18-15(2,3)4/h6-8H,9H2,1-5H3,(H,17,21)(H,18,20). The molecule has 4 nitrogen and oxygen atoms in total. The Morgan fingerprint density at radius 3 is 2.57 bits per heavy atom. The van der Waals surface area contributed by atoms with Crippen LogP contribution < -0.4 is 10.6 Å². The van der Waals surface area contributed by atoms with Crippen molar-refractivity contribution in [1.29, 1.82) is 0 Å². The molecule has 116 valence electrons. The second-order valence-electron chi connectivity index (χ2n) is 6.00. The quantitative estimate of drug-likeness (QED) is 0.837. The predicted octanol–water partition coefficient (Wildman–Crippen LogP) is 3.19. The third-order valence-corrected chi connectivity index (χ3v) is 3.57. The van der Waals surface area contributed by atoms with E-state index in [0.29, 0.717) is 10.1 Å². The van der Waals surface area contributed by atoms with Crippen molar-refractivity contribution in [3.8, 4) is 0 Å². The van der Waals surface area contributed by atoms with Crippen molar-refractivity contribution in [2.45, 2.75) is 33.2 Å². The number of carbonyl (C=O) groups excluding carboxylic acids is 1. The number of likely N-dealkylation sites (N-methyl/N-ethyl adjacent to an activating group) is 1. The van der Waals surface area contributed by atoms with Gasteiger partial charge in [0.05, 0.1) is 6.54 Å². The molecule has 1 amide bonds. The Balaban J connectivity index is 2.63. The number of thiocarbonyl (C=S) groups is 1. The fourth-order valence-electron chi connectivity index (χ4n) is 1.70. The average Bonchev–Trinajstić information content (AvgIpc) is 2.32. The highest BCUT2D eigenvalue weighted by atomic mass is 35.5. The molecule has 0 aliphatic heterocycles. The highest BCUT2D eigenvalue weighted by Gasteiger charge is 2.16. The third kappa shape index (κ3) is 5.89. The molecule has 0 saturated carbocycles. The van der Waals surface area contributed by atoms with Crippen LogP contribution in [0.4, 0.5) is 5.69 Å². The van der Waals surface area contributed by atoms with Gasteiger partial charge in [-0.1, -0.05) is 17.7 Å². The van der Waals surface area contributed by atoms with E-state index in [4.69, 9.17) is 23.8 Å². The van der Waals surface area contributed by atoms with Crippen molar-refractivity contribution in [3.63, 3.8) is 0 Å². The Hall–Kier alpha value is -1.33. The SMILES string of the molecule is Cc1c(Cl)cccc1NC(=S)N(C)CC(=O)NC(C)(C)C. The lowest BCUT2D eigenvalue weighted by Crippen LogP contribution is -2.47. The molecule has 0 unspecified atom stereocenters. The van der Waals surface area contributed by atoms with E-state index in [2.05, 4.69) is 10.6 Å². The summed E-state index contributed by atoms with van der Waals surface area (Å²) < 4.78 is 0. The lowest BCUT2D eigenvalue weighted by atomic mass is 10.1. The number of nitrogens with one attached hydrogen (secondary N) is 2. The molecule has 0 atom stereocenters. The van der Waals surface area contributed by atoms with Gasteiger partial charge in [0, 0.05) is 23.3 Å². The molecule has 6 heteroatoms. The molecule has 1 aromatic carbocycles. The summed E-state index contributed by atoms with van der Waals surface area (Å²) in [5.74, 6) is -0.0723. The normalized spacial score (nSPS) is 11.0. The summed E-state index contributed by atoms with van der Waals surface area (Å²) in [6, 6.07) is 5.58. The largest absolute Gasteiger partial charge is 0.350 e. The molecule has 0 radical (unpaired) electrons. The van der Waals surface area contributed by atoms with E-state index in [1.54, 1.807) is 11.9 Å². The fraction of sp³-hybridized carbons (Fsp3) is 0.467. The van der Waals surface area contributed by atoms with Gasteiger partial charge < -0.3 is 15.5 Å². The Bertz CT molecular complexity index is 540. The molecule has 0 bridgehead atoms. The molecule has 0 aliphatic rings. The Morgan fingerprint density at radius 2 is 2.00 bits per heavy atom. The number of carbonyl (C=O) groups is 1. The van der Waals surface area contributed by atoms with Gasteiger partial charge in [0.15, 0.2) is 5.11 Å². The number of nitrogens with zero attached hydrogens (tertiary/aromatic N) is 1. The molecule has 0 aromatic heterocycles. The Kier molecular flexibility index (Phi) is 5.98. The lowest BCUT2D eigenvalue weighted by Gasteiger charge is -2.25. The molecule has 0 spiro atoms. The van der Waals surface area contributed by atoms with Gasteiger partial charge >= 0.3 is 0 Å². The van der Waals surface area contributed by atoms with Crippen LogP contribution in [0.1, 0.15) is 26.3 Å². The van der Waals surface area contributed by atoms with E-state index in [1.165, 1.54) is 0 Å². The van der Waals surface area contributed by atoms with Crippen molar-refractivity contribution < 1.29 is 4.79 Å². The van der Waals surface area contributed by atoms with Crippen LogP contribution in [0, 0.1) is 6.92 Å². The van der Waals surface area contributed by atoms with Crippen molar-refractivity contribution in [2.24, 2.45) is 0 Å². The minimum Gasteiger partial charge on any atom is -0.350 e. The molecule has 0 saturated heterocycles. The van der Waals surface area contributed by atoms with E-state index in [9.17, 15) is 4.79 Å². The van der Waals surface area contributed by atoms with Gasteiger partial charge in [0.2, 0.25) is 5.91 Å².